The van der Waals surface area contributed by atoms with E-state index in [1.807, 2.05) is 6.07 Å². The molecule has 0 unspecified atom stereocenters. The van der Waals surface area contributed by atoms with Gasteiger partial charge in [0, 0.05) is 0 Å². The van der Waals surface area contributed by atoms with Crippen LogP contribution in [-0.2, 0) is 5.41 Å². The Morgan fingerprint density at radius 2 is 1.73 bits per heavy atom. The molecule has 1 aromatic carbocycles. The van der Waals surface area contributed by atoms with E-state index >= 15 is 0 Å². The summed E-state index contributed by atoms with van der Waals surface area (Å²) < 4.78 is 11.0. The van der Waals surface area contributed by atoms with Gasteiger partial charge in [0.25, 0.3) is 0 Å². The van der Waals surface area contributed by atoms with Crippen LogP contribution in [0.5, 0.6) is 11.5 Å². The molecule has 0 N–H and O–H groups in total. The number of hydrogen-bond donors (Lipinski definition) is 0. The van der Waals surface area contributed by atoms with Crippen molar-refractivity contribution in [3.63, 3.8) is 0 Å². The Morgan fingerprint density at radius 1 is 1.07 bits per heavy atom. The van der Waals surface area contributed by atoms with E-state index in [0.717, 1.165) is 11.5 Å². The lowest BCUT2D eigenvalue weighted by atomic mass is 9.87. The Labute approximate surface area is 91.2 Å². The molecule has 0 bridgehead atoms. The van der Waals surface area contributed by atoms with Crippen molar-refractivity contribution in [2.45, 2.75) is 26.2 Å². The quantitative estimate of drug-likeness (QED) is 0.647. The molecule has 1 aliphatic rings. The second kappa shape index (κ2) is 3.76. The van der Waals surface area contributed by atoms with Crippen LogP contribution in [-0.4, -0.2) is 13.2 Å². The molecule has 2 radical (unpaired) electrons. The van der Waals surface area contributed by atoms with Gasteiger partial charge < -0.3 is 9.47 Å². The summed E-state index contributed by atoms with van der Waals surface area (Å²) >= 11 is 0. The molecule has 2 nitrogen and oxygen atoms in total. The molecule has 15 heavy (non-hydrogen) atoms. The lowest BCUT2D eigenvalue weighted by molar-refractivity contribution is 0.352. The molecule has 0 atom stereocenters. The first-order chi connectivity index (χ1) is 7.07. The van der Waals surface area contributed by atoms with E-state index in [0.29, 0.717) is 13.2 Å². The largest absolute Gasteiger partial charge is 0.489 e. The highest BCUT2D eigenvalue weighted by Gasteiger charge is 2.17. The van der Waals surface area contributed by atoms with Gasteiger partial charge in [0.05, 0.1) is 19.6 Å². The molecule has 0 fully saturated rings. The minimum Gasteiger partial charge on any atom is -0.489 e. The van der Waals surface area contributed by atoms with E-state index in [9.17, 15) is 0 Å². The zero-order chi connectivity index (χ0) is 10.9. The molecule has 1 aromatic rings. The lowest BCUT2D eigenvalue weighted by Crippen LogP contribution is -2.11. The van der Waals surface area contributed by atoms with E-state index in [1.165, 1.54) is 5.56 Å². The van der Waals surface area contributed by atoms with Crippen LogP contribution in [0.1, 0.15) is 26.3 Å². The van der Waals surface area contributed by atoms with Gasteiger partial charge in [0.2, 0.25) is 0 Å². The minimum atomic E-state index is 0.137. The average Bonchev–Trinajstić information content (AvgIpc) is 2.39. The maximum Gasteiger partial charge on any atom is 0.161 e. The van der Waals surface area contributed by atoms with Gasteiger partial charge in [-0.1, -0.05) is 26.8 Å². The Bertz CT molecular complexity index is 350. The van der Waals surface area contributed by atoms with Crippen molar-refractivity contribution in [2.24, 2.45) is 0 Å². The van der Waals surface area contributed by atoms with Crippen LogP contribution in [0, 0.1) is 6.42 Å². The summed E-state index contributed by atoms with van der Waals surface area (Å²) in [5.41, 5.74) is 1.39. The molecule has 0 saturated carbocycles. The first-order valence-corrected chi connectivity index (χ1v) is 5.18. The molecule has 0 spiro atoms. The highest BCUT2D eigenvalue weighted by Crippen LogP contribution is 2.34. The summed E-state index contributed by atoms with van der Waals surface area (Å²) in [5.74, 6) is 1.64. The van der Waals surface area contributed by atoms with Crippen molar-refractivity contribution < 1.29 is 9.47 Å². The fraction of sp³-hybridized carbons (Fsp3) is 0.462. The highest BCUT2D eigenvalue weighted by molar-refractivity contribution is 5.45. The lowest BCUT2D eigenvalue weighted by Gasteiger charge is -2.20. The summed E-state index contributed by atoms with van der Waals surface area (Å²) in [7, 11) is 0. The van der Waals surface area contributed by atoms with Crippen molar-refractivity contribution in [1.82, 2.24) is 0 Å². The van der Waals surface area contributed by atoms with Crippen LogP contribution in [0.3, 0.4) is 0 Å². The summed E-state index contributed by atoms with van der Waals surface area (Å²) in [4.78, 5) is 0. The van der Waals surface area contributed by atoms with E-state index < -0.39 is 0 Å². The molecule has 2 rings (SSSR count). The molecular formula is C13H16O2. The Balaban J connectivity index is 2.36. The highest BCUT2D eigenvalue weighted by atomic mass is 16.5. The van der Waals surface area contributed by atoms with E-state index in [2.05, 4.69) is 39.3 Å². The normalized spacial score (nSPS) is 15.9. The number of fused-ring (bicyclic) bond motifs is 1. The third kappa shape index (κ3) is 2.25. The van der Waals surface area contributed by atoms with E-state index in [-0.39, 0.29) is 5.41 Å². The molecule has 1 heterocycles. The van der Waals surface area contributed by atoms with E-state index in [4.69, 9.17) is 9.47 Å². The number of hydrogen-bond acceptors (Lipinski definition) is 2. The first-order valence-electron chi connectivity index (χ1n) is 5.18. The molecule has 0 amide bonds. The van der Waals surface area contributed by atoms with Gasteiger partial charge in [-0.15, -0.1) is 0 Å². The summed E-state index contributed by atoms with van der Waals surface area (Å²) in [6, 6.07) is 6.12. The standard InChI is InChI=1S/C13H16O2/c1-13(2,3)10-5-6-11-12(9-10)15-8-4-7-14-11/h5-6,9H,7-8H2,1-3H3. The van der Waals surface area contributed by atoms with Gasteiger partial charge in [-0.05, 0) is 23.1 Å². The van der Waals surface area contributed by atoms with Crippen LogP contribution in [0.2, 0.25) is 0 Å². The molecule has 0 aliphatic carbocycles. The van der Waals surface area contributed by atoms with Gasteiger partial charge in [0.15, 0.2) is 11.5 Å². The van der Waals surface area contributed by atoms with Crippen LogP contribution in [0.15, 0.2) is 18.2 Å². The van der Waals surface area contributed by atoms with Crippen LogP contribution in [0.25, 0.3) is 0 Å². The second-order valence-electron chi connectivity index (χ2n) is 4.74. The average molecular weight is 204 g/mol. The number of ether oxygens (including phenoxy) is 2. The maximum atomic E-state index is 5.55. The van der Waals surface area contributed by atoms with Crippen LogP contribution in [0.4, 0.5) is 0 Å². The fourth-order valence-corrected chi connectivity index (χ4v) is 1.51. The third-order valence-electron chi connectivity index (χ3n) is 2.47. The second-order valence-corrected chi connectivity index (χ2v) is 4.74. The number of rotatable bonds is 0. The molecule has 80 valence electrons. The summed E-state index contributed by atoms with van der Waals surface area (Å²) in [6.07, 6.45) is 3.01. The van der Waals surface area contributed by atoms with Crippen molar-refractivity contribution in [1.29, 1.82) is 0 Å². The fourth-order valence-electron chi connectivity index (χ4n) is 1.51. The van der Waals surface area contributed by atoms with Gasteiger partial charge in [0.1, 0.15) is 0 Å². The van der Waals surface area contributed by atoms with Crippen LogP contribution >= 0.6 is 0 Å². The first kappa shape index (κ1) is 10.3. The summed E-state index contributed by atoms with van der Waals surface area (Å²) in [6.45, 7) is 7.56. The maximum absolute atomic E-state index is 5.55. The SMILES string of the molecule is CC(C)(C)c1ccc2c(c1)OC[C]CO2. The zero-order valence-corrected chi connectivity index (χ0v) is 9.46. The van der Waals surface area contributed by atoms with Crippen molar-refractivity contribution >= 4 is 0 Å². The topological polar surface area (TPSA) is 18.5 Å². The summed E-state index contributed by atoms with van der Waals surface area (Å²) in [5, 5.41) is 0. The van der Waals surface area contributed by atoms with Crippen molar-refractivity contribution in [2.75, 3.05) is 13.2 Å². The third-order valence-corrected chi connectivity index (χ3v) is 2.47. The van der Waals surface area contributed by atoms with E-state index in [1.54, 1.807) is 0 Å². The Kier molecular flexibility index (Phi) is 2.59. The predicted molar refractivity (Wildman–Crippen MR) is 59.4 cm³/mol. The van der Waals surface area contributed by atoms with Gasteiger partial charge in [-0.2, -0.15) is 0 Å². The molecular weight excluding hydrogens is 188 g/mol. The van der Waals surface area contributed by atoms with Crippen LogP contribution < -0.4 is 9.47 Å². The minimum absolute atomic E-state index is 0.137. The number of benzene rings is 1. The zero-order valence-electron chi connectivity index (χ0n) is 9.46. The Hall–Kier alpha value is -1.18. The Morgan fingerprint density at radius 3 is 2.40 bits per heavy atom. The van der Waals surface area contributed by atoms with Gasteiger partial charge >= 0.3 is 0 Å². The monoisotopic (exact) mass is 204 g/mol. The predicted octanol–water partition coefficient (Wildman–Crippen LogP) is 2.84. The smallest absolute Gasteiger partial charge is 0.161 e. The van der Waals surface area contributed by atoms with Gasteiger partial charge in [-0.25, -0.2) is 0 Å². The molecule has 2 heteroatoms. The molecule has 1 aliphatic heterocycles. The van der Waals surface area contributed by atoms with Gasteiger partial charge in [-0.3, -0.25) is 0 Å². The van der Waals surface area contributed by atoms with Crippen molar-refractivity contribution in [3.05, 3.63) is 30.2 Å². The molecule has 0 aromatic heterocycles. The molecule has 0 saturated heterocycles. The van der Waals surface area contributed by atoms with Crippen molar-refractivity contribution in [3.8, 4) is 11.5 Å².